The summed E-state index contributed by atoms with van der Waals surface area (Å²) in [5, 5.41) is 8.95. The van der Waals surface area contributed by atoms with E-state index in [9.17, 15) is 0 Å². The summed E-state index contributed by atoms with van der Waals surface area (Å²) in [7, 11) is 0. The zero-order chi connectivity index (χ0) is 11.5. The van der Waals surface area contributed by atoms with Crippen LogP contribution in [0.5, 0.6) is 0 Å². The third-order valence-corrected chi connectivity index (χ3v) is 3.42. The molecule has 0 unspecified atom stereocenters. The van der Waals surface area contributed by atoms with Gasteiger partial charge in [-0.1, -0.05) is 6.42 Å². The van der Waals surface area contributed by atoms with Crippen LogP contribution in [0.1, 0.15) is 44.6 Å². The van der Waals surface area contributed by atoms with Crippen molar-refractivity contribution in [1.82, 2.24) is 4.90 Å². The highest BCUT2D eigenvalue weighted by Gasteiger charge is 2.27. The van der Waals surface area contributed by atoms with Gasteiger partial charge in [0.05, 0.1) is 6.54 Å². The Morgan fingerprint density at radius 3 is 2.50 bits per heavy atom. The Morgan fingerprint density at radius 2 is 2.06 bits per heavy atom. The number of rotatable bonds is 5. The fourth-order valence-electron chi connectivity index (χ4n) is 2.22. The summed E-state index contributed by atoms with van der Waals surface area (Å²) < 4.78 is 5.54. The standard InChI is InChI=1S/C13H21NO2/c1-10(2)14(11-4-3-5-11)8-12-6-7-13(9-15)16-12/h6-7,10-11,15H,3-5,8-9H2,1-2H3. The van der Waals surface area contributed by atoms with Crippen LogP contribution >= 0.6 is 0 Å². The molecule has 0 aromatic carbocycles. The summed E-state index contributed by atoms with van der Waals surface area (Å²) in [5.41, 5.74) is 0. The van der Waals surface area contributed by atoms with E-state index in [1.165, 1.54) is 19.3 Å². The van der Waals surface area contributed by atoms with Crippen LogP contribution < -0.4 is 0 Å². The van der Waals surface area contributed by atoms with E-state index < -0.39 is 0 Å². The first kappa shape index (κ1) is 11.7. The van der Waals surface area contributed by atoms with Crippen LogP contribution in [-0.2, 0) is 13.2 Å². The first-order valence-corrected chi connectivity index (χ1v) is 6.15. The number of aliphatic hydroxyl groups is 1. The molecule has 3 heteroatoms. The molecule has 16 heavy (non-hydrogen) atoms. The number of hydrogen-bond acceptors (Lipinski definition) is 3. The second-order valence-electron chi connectivity index (χ2n) is 4.88. The van der Waals surface area contributed by atoms with Gasteiger partial charge in [0, 0.05) is 12.1 Å². The molecule has 1 aromatic heterocycles. The van der Waals surface area contributed by atoms with Gasteiger partial charge >= 0.3 is 0 Å². The molecule has 1 N–H and O–H groups in total. The fraction of sp³-hybridized carbons (Fsp3) is 0.692. The molecule has 1 aliphatic carbocycles. The van der Waals surface area contributed by atoms with E-state index in [0.29, 0.717) is 11.8 Å². The Bertz CT molecular complexity index is 328. The molecule has 0 atom stereocenters. The molecule has 0 amide bonds. The van der Waals surface area contributed by atoms with Crippen molar-refractivity contribution in [2.75, 3.05) is 0 Å². The number of furan rings is 1. The van der Waals surface area contributed by atoms with Crippen LogP contribution in [0.15, 0.2) is 16.5 Å². The largest absolute Gasteiger partial charge is 0.462 e. The fourth-order valence-corrected chi connectivity index (χ4v) is 2.22. The van der Waals surface area contributed by atoms with Crippen molar-refractivity contribution in [2.24, 2.45) is 0 Å². The zero-order valence-electron chi connectivity index (χ0n) is 10.1. The van der Waals surface area contributed by atoms with Crippen LogP contribution in [-0.4, -0.2) is 22.1 Å². The molecule has 2 rings (SSSR count). The summed E-state index contributed by atoms with van der Waals surface area (Å²) in [5.74, 6) is 1.62. The van der Waals surface area contributed by atoms with E-state index >= 15 is 0 Å². The Balaban J connectivity index is 1.99. The summed E-state index contributed by atoms with van der Waals surface area (Å²) in [6, 6.07) is 5.10. The van der Waals surface area contributed by atoms with Gasteiger partial charge in [0.15, 0.2) is 0 Å². The molecule has 1 heterocycles. The number of nitrogens with zero attached hydrogens (tertiary/aromatic N) is 1. The smallest absolute Gasteiger partial charge is 0.129 e. The van der Waals surface area contributed by atoms with Crippen molar-refractivity contribution >= 4 is 0 Å². The van der Waals surface area contributed by atoms with Crippen LogP contribution in [0.3, 0.4) is 0 Å². The van der Waals surface area contributed by atoms with Gasteiger partial charge in [0.1, 0.15) is 18.1 Å². The lowest BCUT2D eigenvalue weighted by Crippen LogP contribution is -2.43. The molecule has 0 aliphatic heterocycles. The van der Waals surface area contributed by atoms with Crippen molar-refractivity contribution in [3.63, 3.8) is 0 Å². The van der Waals surface area contributed by atoms with Crippen LogP contribution in [0, 0.1) is 0 Å². The minimum atomic E-state index is -0.00882. The third kappa shape index (κ3) is 2.47. The molecular formula is C13H21NO2. The SMILES string of the molecule is CC(C)N(Cc1ccc(CO)o1)C1CCC1. The van der Waals surface area contributed by atoms with Crippen molar-refractivity contribution in [3.8, 4) is 0 Å². The number of hydrogen-bond donors (Lipinski definition) is 1. The minimum Gasteiger partial charge on any atom is -0.462 e. The van der Waals surface area contributed by atoms with Crippen molar-refractivity contribution in [2.45, 2.75) is 58.3 Å². The van der Waals surface area contributed by atoms with Gasteiger partial charge in [0.25, 0.3) is 0 Å². The Morgan fingerprint density at radius 1 is 1.38 bits per heavy atom. The molecule has 0 spiro atoms. The molecule has 3 nitrogen and oxygen atoms in total. The van der Waals surface area contributed by atoms with Crippen molar-refractivity contribution in [1.29, 1.82) is 0 Å². The molecule has 0 radical (unpaired) electrons. The highest BCUT2D eigenvalue weighted by molar-refractivity contribution is 5.06. The van der Waals surface area contributed by atoms with Gasteiger partial charge < -0.3 is 9.52 Å². The Hall–Kier alpha value is -0.800. The molecular weight excluding hydrogens is 202 g/mol. The average Bonchev–Trinajstić information content (AvgIpc) is 2.61. The monoisotopic (exact) mass is 223 g/mol. The highest BCUT2D eigenvalue weighted by atomic mass is 16.4. The maximum atomic E-state index is 8.95. The van der Waals surface area contributed by atoms with Gasteiger partial charge in [-0.05, 0) is 38.8 Å². The first-order valence-electron chi connectivity index (χ1n) is 6.15. The molecule has 1 aromatic rings. The topological polar surface area (TPSA) is 36.6 Å². The summed E-state index contributed by atoms with van der Waals surface area (Å²) in [4.78, 5) is 2.49. The van der Waals surface area contributed by atoms with Crippen molar-refractivity contribution in [3.05, 3.63) is 23.7 Å². The molecule has 1 saturated carbocycles. The van der Waals surface area contributed by atoms with E-state index in [4.69, 9.17) is 9.52 Å². The van der Waals surface area contributed by atoms with Gasteiger partial charge in [-0.3, -0.25) is 4.90 Å². The Kier molecular flexibility index (Phi) is 3.66. The quantitative estimate of drug-likeness (QED) is 0.833. The summed E-state index contributed by atoms with van der Waals surface area (Å²) >= 11 is 0. The van der Waals surface area contributed by atoms with Gasteiger partial charge in [-0.15, -0.1) is 0 Å². The van der Waals surface area contributed by atoms with Gasteiger partial charge in [0.2, 0.25) is 0 Å². The third-order valence-electron chi connectivity index (χ3n) is 3.42. The number of aliphatic hydroxyl groups excluding tert-OH is 1. The lowest BCUT2D eigenvalue weighted by Gasteiger charge is -2.39. The minimum absolute atomic E-state index is 0.00882. The van der Waals surface area contributed by atoms with E-state index in [1.54, 1.807) is 0 Å². The maximum Gasteiger partial charge on any atom is 0.129 e. The predicted molar refractivity (Wildman–Crippen MR) is 62.9 cm³/mol. The molecule has 1 fully saturated rings. The van der Waals surface area contributed by atoms with E-state index in [0.717, 1.165) is 18.3 Å². The average molecular weight is 223 g/mol. The predicted octanol–water partition coefficient (Wildman–Crippen LogP) is 2.53. The first-order chi connectivity index (χ1) is 7.70. The second kappa shape index (κ2) is 5.02. The second-order valence-corrected chi connectivity index (χ2v) is 4.88. The molecule has 0 saturated heterocycles. The zero-order valence-corrected chi connectivity index (χ0v) is 10.1. The molecule has 1 aliphatic rings. The molecule has 0 bridgehead atoms. The van der Waals surface area contributed by atoms with E-state index in [-0.39, 0.29) is 6.61 Å². The lowest BCUT2D eigenvalue weighted by molar-refractivity contribution is 0.0778. The van der Waals surface area contributed by atoms with Crippen LogP contribution in [0.25, 0.3) is 0 Å². The van der Waals surface area contributed by atoms with Gasteiger partial charge in [-0.25, -0.2) is 0 Å². The summed E-state index contributed by atoms with van der Waals surface area (Å²) in [6.45, 7) is 5.32. The maximum absolute atomic E-state index is 8.95. The highest BCUT2D eigenvalue weighted by Crippen LogP contribution is 2.28. The normalized spacial score (nSPS) is 17.1. The van der Waals surface area contributed by atoms with Gasteiger partial charge in [-0.2, -0.15) is 0 Å². The summed E-state index contributed by atoms with van der Waals surface area (Å²) in [6.07, 6.45) is 3.98. The lowest BCUT2D eigenvalue weighted by atomic mass is 9.90. The van der Waals surface area contributed by atoms with Crippen LogP contribution in [0.2, 0.25) is 0 Å². The molecule has 90 valence electrons. The van der Waals surface area contributed by atoms with E-state index in [2.05, 4.69) is 18.7 Å². The van der Waals surface area contributed by atoms with Crippen molar-refractivity contribution < 1.29 is 9.52 Å². The van der Waals surface area contributed by atoms with E-state index in [1.807, 2.05) is 12.1 Å². The Labute approximate surface area is 97.1 Å². The van der Waals surface area contributed by atoms with Crippen LogP contribution in [0.4, 0.5) is 0 Å².